The number of methoxy groups -OCH3 is 1. The van der Waals surface area contributed by atoms with Crippen molar-refractivity contribution in [2.45, 2.75) is 6.92 Å². The van der Waals surface area contributed by atoms with E-state index in [1.807, 2.05) is 30.3 Å². The second-order valence-electron chi connectivity index (χ2n) is 7.36. The monoisotopic (exact) mass is 426 g/mol. The Labute approximate surface area is 182 Å². The number of aryl methyl sites for hydroxylation is 1. The minimum atomic E-state index is -0.502. The fourth-order valence-electron chi connectivity index (χ4n) is 3.60. The molecule has 0 amide bonds. The molecular formula is C26H18O6. The lowest BCUT2D eigenvalue weighted by Gasteiger charge is -2.10. The molecule has 0 aliphatic rings. The molecule has 0 saturated carbocycles. The average Bonchev–Trinajstić information content (AvgIpc) is 3.23. The van der Waals surface area contributed by atoms with Crippen LogP contribution in [0.2, 0.25) is 0 Å². The molecule has 0 bridgehead atoms. The summed E-state index contributed by atoms with van der Waals surface area (Å²) in [4.78, 5) is 24.9. The van der Waals surface area contributed by atoms with Crippen molar-refractivity contribution in [3.63, 3.8) is 0 Å². The van der Waals surface area contributed by atoms with Gasteiger partial charge in [-0.3, -0.25) is 0 Å². The summed E-state index contributed by atoms with van der Waals surface area (Å²) in [6.45, 7) is 1.78. The van der Waals surface area contributed by atoms with E-state index in [0.717, 1.165) is 5.39 Å². The summed E-state index contributed by atoms with van der Waals surface area (Å²) in [6, 6.07) is 20.9. The van der Waals surface area contributed by atoms with Crippen LogP contribution in [0.15, 0.2) is 86.4 Å². The van der Waals surface area contributed by atoms with Gasteiger partial charge in [0.1, 0.15) is 28.4 Å². The van der Waals surface area contributed by atoms with E-state index in [1.165, 1.54) is 6.07 Å². The van der Waals surface area contributed by atoms with Crippen LogP contribution in [0.4, 0.5) is 0 Å². The molecule has 2 heterocycles. The van der Waals surface area contributed by atoms with E-state index < -0.39 is 11.6 Å². The largest absolute Gasteiger partial charge is 0.497 e. The van der Waals surface area contributed by atoms with Crippen molar-refractivity contribution in [1.29, 1.82) is 0 Å². The molecule has 0 N–H and O–H groups in total. The summed E-state index contributed by atoms with van der Waals surface area (Å²) in [5.74, 6) is 1.04. The molecular weight excluding hydrogens is 408 g/mol. The van der Waals surface area contributed by atoms with Crippen molar-refractivity contribution >= 4 is 27.9 Å². The molecule has 6 nitrogen and oxygen atoms in total. The number of carbonyl (C=O) groups excluding carboxylic acids is 1. The van der Waals surface area contributed by atoms with Crippen molar-refractivity contribution in [3.8, 4) is 22.8 Å². The normalized spacial score (nSPS) is 11.1. The summed E-state index contributed by atoms with van der Waals surface area (Å²) >= 11 is 0. The molecule has 6 heteroatoms. The zero-order valence-corrected chi connectivity index (χ0v) is 17.4. The quantitative estimate of drug-likeness (QED) is 0.207. The van der Waals surface area contributed by atoms with Crippen LogP contribution in [-0.2, 0) is 0 Å². The zero-order chi connectivity index (χ0) is 22.2. The second kappa shape index (κ2) is 7.74. The first kappa shape index (κ1) is 19.6. The highest BCUT2D eigenvalue weighted by molar-refractivity contribution is 5.97. The van der Waals surface area contributed by atoms with Crippen molar-refractivity contribution in [3.05, 3.63) is 94.3 Å². The van der Waals surface area contributed by atoms with E-state index in [4.69, 9.17) is 18.3 Å². The fourth-order valence-corrected chi connectivity index (χ4v) is 3.60. The summed E-state index contributed by atoms with van der Waals surface area (Å²) in [6.07, 6.45) is 0. The molecule has 32 heavy (non-hydrogen) atoms. The Bertz CT molecular complexity index is 1490. The van der Waals surface area contributed by atoms with E-state index >= 15 is 0 Å². The summed E-state index contributed by atoms with van der Waals surface area (Å²) in [5, 5.41) is 1.52. The van der Waals surface area contributed by atoms with Crippen LogP contribution in [0, 0.1) is 6.92 Å². The van der Waals surface area contributed by atoms with Crippen LogP contribution < -0.4 is 15.1 Å². The molecule has 0 aliphatic carbocycles. The smallest absolute Gasteiger partial charge is 0.343 e. The third kappa shape index (κ3) is 3.52. The Balaban J connectivity index is 1.59. The summed E-state index contributed by atoms with van der Waals surface area (Å²) in [7, 11) is 1.56. The van der Waals surface area contributed by atoms with Gasteiger partial charge in [0.05, 0.1) is 12.7 Å². The highest BCUT2D eigenvalue weighted by atomic mass is 16.5. The van der Waals surface area contributed by atoms with E-state index in [0.29, 0.717) is 50.5 Å². The van der Waals surface area contributed by atoms with Crippen LogP contribution >= 0.6 is 0 Å². The lowest BCUT2D eigenvalue weighted by Crippen LogP contribution is -2.09. The molecule has 5 rings (SSSR count). The molecule has 0 radical (unpaired) electrons. The number of hydrogen-bond acceptors (Lipinski definition) is 6. The predicted molar refractivity (Wildman–Crippen MR) is 120 cm³/mol. The first-order valence-corrected chi connectivity index (χ1v) is 9.95. The number of furan rings is 1. The molecule has 158 valence electrons. The van der Waals surface area contributed by atoms with Crippen molar-refractivity contribution in [1.82, 2.24) is 0 Å². The lowest BCUT2D eigenvalue weighted by molar-refractivity contribution is 0.0733. The van der Waals surface area contributed by atoms with Crippen molar-refractivity contribution < 1.29 is 23.1 Å². The Morgan fingerprint density at radius 2 is 1.66 bits per heavy atom. The maximum absolute atomic E-state index is 12.7. The minimum Gasteiger partial charge on any atom is -0.497 e. The number of hydrogen-bond donors (Lipinski definition) is 0. The van der Waals surface area contributed by atoms with Crippen LogP contribution in [0.25, 0.3) is 33.3 Å². The van der Waals surface area contributed by atoms with E-state index in [1.54, 1.807) is 50.4 Å². The summed E-state index contributed by atoms with van der Waals surface area (Å²) in [5.41, 5.74) is 2.22. The number of esters is 1. The summed E-state index contributed by atoms with van der Waals surface area (Å²) < 4.78 is 22.1. The molecule has 0 saturated heterocycles. The fraction of sp³-hybridized carbons (Fsp3) is 0.0769. The number of carbonyl (C=O) groups is 1. The Hall–Kier alpha value is -4.32. The molecule has 5 aromatic rings. The van der Waals surface area contributed by atoms with Gasteiger partial charge >= 0.3 is 11.6 Å². The Morgan fingerprint density at radius 1 is 0.875 bits per heavy atom. The standard InChI is InChI=1S/C26H18O6/c1-15-11-23-19(13-22(15)32-26(28)16-7-9-18(29-2)10-8-16)20(14-25(27)31-23)24-12-17-5-3-4-6-21(17)30-24/h3-14H,1-2H3. The van der Waals surface area contributed by atoms with Gasteiger partial charge in [-0.15, -0.1) is 0 Å². The van der Waals surface area contributed by atoms with Gasteiger partial charge in [0.25, 0.3) is 0 Å². The van der Waals surface area contributed by atoms with Crippen LogP contribution in [0.5, 0.6) is 11.5 Å². The molecule has 3 aromatic carbocycles. The number of para-hydroxylation sites is 1. The lowest BCUT2D eigenvalue weighted by atomic mass is 10.0. The van der Waals surface area contributed by atoms with Crippen LogP contribution in [0.1, 0.15) is 15.9 Å². The van der Waals surface area contributed by atoms with Crippen LogP contribution in [-0.4, -0.2) is 13.1 Å². The molecule has 0 aliphatic heterocycles. The van der Waals surface area contributed by atoms with Gasteiger partial charge in [0.2, 0.25) is 0 Å². The predicted octanol–water partition coefficient (Wildman–Crippen LogP) is 5.74. The average molecular weight is 426 g/mol. The highest BCUT2D eigenvalue weighted by Crippen LogP contribution is 2.35. The maximum atomic E-state index is 12.7. The second-order valence-corrected chi connectivity index (χ2v) is 7.36. The first-order valence-electron chi connectivity index (χ1n) is 9.95. The van der Waals surface area contributed by atoms with E-state index in [9.17, 15) is 9.59 Å². The third-order valence-electron chi connectivity index (χ3n) is 5.26. The van der Waals surface area contributed by atoms with Gasteiger partial charge in [-0.25, -0.2) is 9.59 Å². The van der Waals surface area contributed by atoms with Crippen LogP contribution in [0.3, 0.4) is 0 Å². The maximum Gasteiger partial charge on any atom is 0.343 e. The van der Waals surface area contributed by atoms with Gasteiger partial charge < -0.3 is 18.3 Å². The number of benzene rings is 3. The number of rotatable bonds is 4. The van der Waals surface area contributed by atoms with Gasteiger partial charge in [-0.1, -0.05) is 18.2 Å². The van der Waals surface area contributed by atoms with Gasteiger partial charge in [-0.2, -0.15) is 0 Å². The molecule has 0 atom stereocenters. The Kier molecular flexibility index (Phi) is 4.75. The molecule has 0 spiro atoms. The van der Waals surface area contributed by atoms with Gasteiger partial charge in [0.15, 0.2) is 0 Å². The number of fused-ring (bicyclic) bond motifs is 2. The van der Waals surface area contributed by atoms with E-state index in [-0.39, 0.29) is 0 Å². The zero-order valence-electron chi connectivity index (χ0n) is 17.4. The topological polar surface area (TPSA) is 78.9 Å². The molecule has 2 aromatic heterocycles. The van der Waals surface area contributed by atoms with Gasteiger partial charge in [-0.05, 0) is 61.0 Å². The van der Waals surface area contributed by atoms with Crippen molar-refractivity contribution in [2.24, 2.45) is 0 Å². The first-order chi connectivity index (χ1) is 15.5. The van der Waals surface area contributed by atoms with Gasteiger partial charge in [0, 0.05) is 22.4 Å². The molecule has 0 unspecified atom stereocenters. The van der Waals surface area contributed by atoms with E-state index in [2.05, 4.69) is 0 Å². The third-order valence-corrected chi connectivity index (χ3v) is 5.26. The minimum absolute atomic E-state index is 0.365. The Morgan fingerprint density at radius 3 is 2.41 bits per heavy atom. The molecule has 0 fully saturated rings. The highest BCUT2D eigenvalue weighted by Gasteiger charge is 2.17. The number of ether oxygens (including phenoxy) is 2. The SMILES string of the molecule is COc1ccc(C(=O)Oc2cc3c(-c4cc5ccccc5o4)cc(=O)oc3cc2C)cc1. The van der Waals surface area contributed by atoms with Crippen molar-refractivity contribution in [2.75, 3.05) is 7.11 Å².